The summed E-state index contributed by atoms with van der Waals surface area (Å²) in [5, 5.41) is 0. The van der Waals surface area contributed by atoms with Crippen molar-refractivity contribution < 1.29 is 9.47 Å². The van der Waals surface area contributed by atoms with Gasteiger partial charge < -0.3 is 20.9 Å². The van der Waals surface area contributed by atoms with Gasteiger partial charge >= 0.3 is 0 Å². The zero-order chi connectivity index (χ0) is 21.0. The van der Waals surface area contributed by atoms with E-state index in [2.05, 4.69) is 48.5 Å². The molecule has 6 heteroatoms. The summed E-state index contributed by atoms with van der Waals surface area (Å²) in [5.41, 5.74) is 14.2. The molecule has 0 saturated heterocycles. The van der Waals surface area contributed by atoms with Gasteiger partial charge in [-0.1, -0.05) is 60.7 Å². The Hall–Kier alpha value is -1.14. The van der Waals surface area contributed by atoms with Crippen LogP contribution in [0.2, 0.25) is 0 Å². The summed E-state index contributed by atoms with van der Waals surface area (Å²) in [4.78, 5) is 0. The fourth-order valence-corrected chi connectivity index (χ4v) is 4.09. The average Bonchev–Trinajstić information content (AvgIpc) is 2.80. The lowest BCUT2D eigenvalue weighted by molar-refractivity contribution is 0.0137. The zero-order valence-electron chi connectivity index (χ0n) is 18.9. The second-order valence-electron chi connectivity index (χ2n) is 8.67. The number of benzene rings is 2. The fourth-order valence-electron chi connectivity index (χ4n) is 4.09. The first kappa shape index (κ1) is 28.9. The molecule has 2 fully saturated rings. The van der Waals surface area contributed by atoms with Gasteiger partial charge in [0, 0.05) is 12.1 Å². The van der Waals surface area contributed by atoms with Gasteiger partial charge in [0.15, 0.2) is 0 Å². The van der Waals surface area contributed by atoms with Crippen molar-refractivity contribution >= 4 is 24.8 Å². The molecule has 2 saturated carbocycles. The minimum Gasteiger partial charge on any atom is -0.374 e. The summed E-state index contributed by atoms with van der Waals surface area (Å²) < 4.78 is 11.7. The highest BCUT2D eigenvalue weighted by Crippen LogP contribution is 2.21. The standard InChI is InChI=1S/2C13H19NO.2ClH/c2*14-12-6-8-13(9-7-12)15-10-11-4-2-1-3-5-11;;/h2*1-5,12-13H,6-10,14H2;2*1H. The topological polar surface area (TPSA) is 70.5 Å². The van der Waals surface area contributed by atoms with E-state index < -0.39 is 0 Å². The Kier molecular flexibility index (Phi) is 14.9. The van der Waals surface area contributed by atoms with E-state index in [1.807, 2.05) is 12.1 Å². The maximum Gasteiger partial charge on any atom is 0.0720 e. The molecule has 0 spiro atoms. The molecule has 2 aromatic carbocycles. The highest BCUT2D eigenvalue weighted by atomic mass is 35.5. The summed E-state index contributed by atoms with van der Waals surface area (Å²) in [5.74, 6) is 0. The number of rotatable bonds is 6. The second kappa shape index (κ2) is 16.5. The van der Waals surface area contributed by atoms with Crippen molar-refractivity contribution in [2.24, 2.45) is 11.5 Å². The van der Waals surface area contributed by atoms with Gasteiger partial charge in [-0.25, -0.2) is 0 Å². The molecule has 4 N–H and O–H groups in total. The van der Waals surface area contributed by atoms with E-state index in [9.17, 15) is 0 Å². The molecular weight excluding hydrogens is 443 g/mol. The molecule has 4 rings (SSSR count). The van der Waals surface area contributed by atoms with Gasteiger partial charge in [0.25, 0.3) is 0 Å². The first-order valence-corrected chi connectivity index (χ1v) is 11.5. The number of halogens is 2. The van der Waals surface area contributed by atoms with Crippen molar-refractivity contribution in [1.82, 2.24) is 0 Å². The molecule has 2 aromatic rings. The number of hydrogen-bond donors (Lipinski definition) is 2. The van der Waals surface area contributed by atoms with Gasteiger partial charge in [0.1, 0.15) is 0 Å². The van der Waals surface area contributed by atoms with Crippen molar-refractivity contribution in [1.29, 1.82) is 0 Å². The lowest BCUT2D eigenvalue weighted by Crippen LogP contribution is -2.30. The predicted molar refractivity (Wildman–Crippen MR) is 137 cm³/mol. The normalized spacial score (nSPS) is 24.8. The van der Waals surface area contributed by atoms with E-state index in [-0.39, 0.29) is 24.8 Å². The summed E-state index contributed by atoms with van der Waals surface area (Å²) in [6.07, 6.45) is 9.76. The van der Waals surface area contributed by atoms with Gasteiger partial charge in [-0.15, -0.1) is 24.8 Å². The van der Waals surface area contributed by atoms with E-state index in [1.54, 1.807) is 0 Å². The van der Waals surface area contributed by atoms with Crippen LogP contribution in [0.3, 0.4) is 0 Å². The lowest BCUT2D eigenvalue weighted by Gasteiger charge is -2.26. The van der Waals surface area contributed by atoms with Crippen molar-refractivity contribution in [3.8, 4) is 0 Å². The van der Waals surface area contributed by atoms with Crippen LogP contribution in [-0.4, -0.2) is 24.3 Å². The van der Waals surface area contributed by atoms with Gasteiger partial charge in [-0.2, -0.15) is 0 Å². The molecule has 2 aliphatic carbocycles. The Bertz CT molecular complexity index is 628. The minimum atomic E-state index is 0. The molecule has 0 aromatic heterocycles. The fraction of sp³-hybridized carbons (Fsp3) is 0.538. The molecule has 0 amide bonds. The van der Waals surface area contributed by atoms with E-state index in [4.69, 9.17) is 20.9 Å². The maximum absolute atomic E-state index is 5.86. The Labute approximate surface area is 206 Å². The van der Waals surface area contributed by atoms with E-state index in [0.717, 1.165) is 64.6 Å². The zero-order valence-corrected chi connectivity index (χ0v) is 20.6. The molecule has 0 aliphatic heterocycles. The van der Waals surface area contributed by atoms with Gasteiger partial charge in [-0.3, -0.25) is 0 Å². The minimum absolute atomic E-state index is 0. The van der Waals surface area contributed by atoms with Crippen molar-refractivity contribution in [2.45, 2.75) is 88.9 Å². The number of ether oxygens (including phenoxy) is 2. The monoisotopic (exact) mass is 482 g/mol. The predicted octanol–water partition coefficient (Wildman–Crippen LogP) is 5.79. The largest absolute Gasteiger partial charge is 0.374 e. The van der Waals surface area contributed by atoms with Crippen LogP contribution >= 0.6 is 24.8 Å². The SMILES string of the molecule is Cl.Cl.NC1CCC(OCc2ccccc2)CC1.NC1CCC(OCc2ccccc2)CC1. The van der Waals surface area contributed by atoms with Crippen LogP contribution in [0.4, 0.5) is 0 Å². The van der Waals surface area contributed by atoms with Crippen LogP contribution in [0.25, 0.3) is 0 Å². The third-order valence-electron chi connectivity index (χ3n) is 6.09. The quantitative estimate of drug-likeness (QED) is 0.546. The van der Waals surface area contributed by atoms with Crippen LogP contribution in [0.1, 0.15) is 62.5 Å². The molecular formula is C26H40Cl2N2O2. The molecule has 0 radical (unpaired) electrons. The van der Waals surface area contributed by atoms with Crippen molar-refractivity contribution in [2.75, 3.05) is 0 Å². The molecule has 2 aliphatic rings. The Balaban J connectivity index is 0.000000301. The smallest absolute Gasteiger partial charge is 0.0720 e. The number of nitrogens with two attached hydrogens (primary N) is 2. The molecule has 4 nitrogen and oxygen atoms in total. The van der Waals surface area contributed by atoms with E-state index >= 15 is 0 Å². The molecule has 0 unspecified atom stereocenters. The van der Waals surface area contributed by atoms with E-state index in [0.29, 0.717) is 24.3 Å². The molecule has 180 valence electrons. The summed E-state index contributed by atoms with van der Waals surface area (Å²) in [6.45, 7) is 1.47. The van der Waals surface area contributed by atoms with Crippen LogP contribution in [0, 0.1) is 0 Å². The van der Waals surface area contributed by atoms with Crippen LogP contribution in [-0.2, 0) is 22.7 Å². The Morgan fingerprint density at radius 3 is 1.16 bits per heavy atom. The molecule has 0 atom stereocenters. The third-order valence-corrected chi connectivity index (χ3v) is 6.09. The highest BCUT2D eigenvalue weighted by molar-refractivity contribution is 5.85. The maximum atomic E-state index is 5.86. The first-order valence-electron chi connectivity index (χ1n) is 11.5. The third kappa shape index (κ3) is 11.1. The van der Waals surface area contributed by atoms with Gasteiger partial charge in [0.05, 0.1) is 25.4 Å². The van der Waals surface area contributed by atoms with Gasteiger partial charge in [0.2, 0.25) is 0 Å². The lowest BCUT2D eigenvalue weighted by atomic mass is 9.94. The van der Waals surface area contributed by atoms with Crippen molar-refractivity contribution in [3.05, 3.63) is 71.8 Å². The second-order valence-corrected chi connectivity index (χ2v) is 8.67. The number of hydrogen-bond acceptors (Lipinski definition) is 4. The highest BCUT2D eigenvalue weighted by Gasteiger charge is 2.19. The van der Waals surface area contributed by atoms with Crippen molar-refractivity contribution in [3.63, 3.8) is 0 Å². The van der Waals surface area contributed by atoms with Gasteiger partial charge in [-0.05, 0) is 62.5 Å². The van der Waals surface area contributed by atoms with Crippen LogP contribution in [0.15, 0.2) is 60.7 Å². The van der Waals surface area contributed by atoms with E-state index in [1.165, 1.54) is 11.1 Å². The Morgan fingerprint density at radius 2 is 0.844 bits per heavy atom. The van der Waals surface area contributed by atoms with Crippen LogP contribution in [0.5, 0.6) is 0 Å². The summed E-state index contributed by atoms with van der Waals surface area (Å²) in [6, 6.07) is 21.5. The molecule has 32 heavy (non-hydrogen) atoms. The molecule has 0 bridgehead atoms. The summed E-state index contributed by atoms with van der Waals surface area (Å²) in [7, 11) is 0. The summed E-state index contributed by atoms with van der Waals surface area (Å²) >= 11 is 0. The Morgan fingerprint density at radius 1 is 0.531 bits per heavy atom. The first-order chi connectivity index (χ1) is 14.7. The molecule has 0 heterocycles. The van der Waals surface area contributed by atoms with Crippen LogP contribution < -0.4 is 11.5 Å². The average molecular weight is 484 g/mol.